The van der Waals surface area contributed by atoms with Crippen molar-refractivity contribution in [3.63, 3.8) is 0 Å². The van der Waals surface area contributed by atoms with Crippen LogP contribution in [0.1, 0.15) is 32.9 Å². The Morgan fingerprint density at radius 2 is 2.08 bits per heavy atom. The number of benzene rings is 1. The minimum atomic E-state index is -0.291. The molecule has 2 aromatic heterocycles. The van der Waals surface area contributed by atoms with Crippen LogP contribution in [0.3, 0.4) is 0 Å². The summed E-state index contributed by atoms with van der Waals surface area (Å²) in [6.45, 7) is 0. The van der Waals surface area contributed by atoms with Gasteiger partial charge in [-0.1, -0.05) is 18.2 Å². The van der Waals surface area contributed by atoms with E-state index in [1.54, 1.807) is 16.9 Å². The van der Waals surface area contributed by atoms with Crippen LogP contribution in [0.15, 0.2) is 42.6 Å². The number of aryl methyl sites for hydroxylation is 1. The van der Waals surface area contributed by atoms with Crippen LogP contribution in [0.2, 0.25) is 0 Å². The molecule has 1 aliphatic rings. The third-order valence-corrected chi connectivity index (χ3v) is 5.31. The summed E-state index contributed by atoms with van der Waals surface area (Å²) in [4.78, 5) is 13.7. The number of nitrogens with zero attached hydrogens (tertiary/aromatic N) is 3. The van der Waals surface area contributed by atoms with E-state index < -0.39 is 0 Å². The van der Waals surface area contributed by atoms with E-state index in [0.717, 1.165) is 30.5 Å². The molecule has 4 rings (SSSR count). The number of rotatable bonds is 3. The van der Waals surface area contributed by atoms with E-state index in [4.69, 9.17) is 0 Å². The summed E-state index contributed by atoms with van der Waals surface area (Å²) in [5, 5.41) is 17.2. The lowest BCUT2D eigenvalue weighted by Crippen LogP contribution is -2.13. The van der Waals surface area contributed by atoms with Gasteiger partial charge in [-0.3, -0.25) is 4.79 Å². The summed E-state index contributed by atoms with van der Waals surface area (Å²) in [5.41, 5.74) is 2.94. The third-order valence-electron chi connectivity index (χ3n) is 4.10. The van der Waals surface area contributed by atoms with Gasteiger partial charge in [0.15, 0.2) is 5.69 Å². The number of aromatic nitrogens is 2. The van der Waals surface area contributed by atoms with Crippen molar-refractivity contribution in [2.45, 2.75) is 19.3 Å². The van der Waals surface area contributed by atoms with Crippen LogP contribution in [0.5, 0.6) is 0 Å². The Kier molecular flexibility index (Phi) is 3.63. The molecule has 2 heterocycles. The van der Waals surface area contributed by atoms with E-state index in [1.807, 2.05) is 30.3 Å². The molecule has 6 heteroatoms. The molecular formula is C18H14N4OS. The second-order valence-corrected chi connectivity index (χ2v) is 6.71. The lowest BCUT2D eigenvalue weighted by atomic mass is 10.1. The number of hydrogen-bond donors (Lipinski definition) is 1. The average molecular weight is 334 g/mol. The fourth-order valence-electron chi connectivity index (χ4n) is 2.95. The SMILES string of the molecule is N#Cc1c(NC(=O)c2ccn(-c3ccccc3)n2)sc2c1CCC2. The fourth-order valence-corrected chi connectivity index (χ4v) is 4.18. The first-order valence-corrected chi connectivity index (χ1v) is 8.55. The van der Waals surface area contributed by atoms with Gasteiger partial charge in [-0.15, -0.1) is 11.3 Å². The Bertz CT molecular complexity index is 949. The fraction of sp³-hybridized carbons (Fsp3) is 0.167. The van der Waals surface area contributed by atoms with Gasteiger partial charge in [0.2, 0.25) is 0 Å². The molecular weight excluding hydrogens is 320 g/mol. The monoisotopic (exact) mass is 334 g/mol. The first-order valence-electron chi connectivity index (χ1n) is 7.73. The molecule has 1 N–H and O–H groups in total. The number of thiophene rings is 1. The number of anilines is 1. The van der Waals surface area contributed by atoms with Crippen LogP contribution in [0.4, 0.5) is 5.00 Å². The summed E-state index contributed by atoms with van der Waals surface area (Å²) in [5.74, 6) is -0.291. The van der Waals surface area contributed by atoms with Gasteiger partial charge in [-0.25, -0.2) is 4.68 Å². The van der Waals surface area contributed by atoms with Gasteiger partial charge in [0, 0.05) is 11.1 Å². The zero-order valence-corrected chi connectivity index (χ0v) is 13.6. The summed E-state index contributed by atoms with van der Waals surface area (Å²) < 4.78 is 1.66. The number of fused-ring (bicyclic) bond motifs is 1. The van der Waals surface area contributed by atoms with E-state index >= 15 is 0 Å². The summed E-state index contributed by atoms with van der Waals surface area (Å²) in [6.07, 6.45) is 4.76. The Labute approximate surface area is 143 Å². The predicted octanol–water partition coefficient (Wildman–Crippen LogP) is 3.55. The van der Waals surface area contributed by atoms with Crippen molar-refractivity contribution >= 4 is 22.2 Å². The van der Waals surface area contributed by atoms with Gasteiger partial charge >= 0.3 is 0 Å². The summed E-state index contributed by atoms with van der Waals surface area (Å²) >= 11 is 1.51. The molecule has 0 aliphatic heterocycles. The third kappa shape index (κ3) is 2.49. The topological polar surface area (TPSA) is 70.7 Å². The molecule has 0 radical (unpaired) electrons. The predicted molar refractivity (Wildman–Crippen MR) is 92.6 cm³/mol. The van der Waals surface area contributed by atoms with Gasteiger partial charge < -0.3 is 5.32 Å². The first-order chi connectivity index (χ1) is 11.8. The molecule has 1 aliphatic carbocycles. The quantitative estimate of drug-likeness (QED) is 0.796. The van der Waals surface area contributed by atoms with E-state index in [9.17, 15) is 10.1 Å². The Morgan fingerprint density at radius 3 is 2.88 bits per heavy atom. The Balaban J connectivity index is 1.58. The second-order valence-electron chi connectivity index (χ2n) is 5.61. The van der Waals surface area contributed by atoms with Crippen LogP contribution >= 0.6 is 11.3 Å². The Morgan fingerprint density at radius 1 is 1.25 bits per heavy atom. The highest BCUT2D eigenvalue weighted by Crippen LogP contribution is 2.38. The van der Waals surface area contributed by atoms with E-state index in [-0.39, 0.29) is 5.91 Å². The van der Waals surface area contributed by atoms with Crippen molar-refractivity contribution in [2.24, 2.45) is 0 Å². The molecule has 0 saturated heterocycles. The van der Waals surface area contributed by atoms with Crippen molar-refractivity contribution in [2.75, 3.05) is 5.32 Å². The minimum Gasteiger partial charge on any atom is -0.311 e. The molecule has 0 fully saturated rings. The summed E-state index contributed by atoms with van der Waals surface area (Å²) in [7, 11) is 0. The van der Waals surface area contributed by atoms with Crippen LogP contribution in [-0.2, 0) is 12.8 Å². The van der Waals surface area contributed by atoms with E-state index in [0.29, 0.717) is 16.3 Å². The first kappa shape index (κ1) is 14.7. The summed E-state index contributed by atoms with van der Waals surface area (Å²) in [6, 6.07) is 13.5. The molecule has 0 saturated carbocycles. The van der Waals surface area contributed by atoms with Crippen molar-refractivity contribution in [1.82, 2.24) is 9.78 Å². The van der Waals surface area contributed by atoms with Crippen molar-refractivity contribution in [3.8, 4) is 11.8 Å². The van der Waals surface area contributed by atoms with Crippen LogP contribution < -0.4 is 5.32 Å². The molecule has 118 valence electrons. The van der Waals surface area contributed by atoms with E-state index in [1.165, 1.54) is 16.2 Å². The smallest absolute Gasteiger partial charge is 0.276 e. The second kappa shape index (κ2) is 5.95. The molecule has 0 spiro atoms. The maximum Gasteiger partial charge on any atom is 0.276 e. The van der Waals surface area contributed by atoms with E-state index in [2.05, 4.69) is 16.5 Å². The highest BCUT2D eigenvalue weighted by Gasteiger charge is 2.23. The number of carbonyl (C=O) groups is 1. The zero-order valence-electron chi connectivity index (χ0n) is 12.8. The van der Waals surface area contributed by atoms with Crippen molar-refractivity contribution < 1.29 is 4.79 Å². The normalized spacial score (nSPS) is 12.6. The minimum absolute atomic E-state index is 0.291. The van der Waals surface area contributed by atoms with Gasteiger partial charge in [0.25, 0.3) is 5.91 Å². The van der Waals surface area contributed by atoms with Gasteiger partial charge in [0.1, 0.15) is 11.1 Å². The average Bonchev–Trinajstić information content (AvgIpc) is 3.31. The number of para-hydroxylation sites is 1. The molecule has 1 aromatic carbocycles. The number of hydrogen-bond acceptors (Lipinski definition) is 4. The van der Waals surface area contributed by atoms with Gasteiger partial charge in [-0.05, 0) is 43.0 Å². The van der Waals surface area contributed by atoms with Crippen molar-refractivity contribution in [3.05, 3.63) is 64.3 Å². The van der Waals surface area contributed by atoms with Crippen LogP contribution in [-0.4, -0.2) is 15.7 Å². The number of amides is 1. The molecule has 0 atom stereocenters. The van der Waals surface area contributed by atoms with Gasteiger partial charge in [-0.2, -0.15) is 10.4 Å². The van der Waals surface area contributed by atoms with Gasteiger partial charge in [0.05, 0.1) is 11.3 Å². The maximum absolute atomic E-state index is 12.5. The molecule has 5 nitrogen and oxygen atoms in total. The molecule has 3 aromatic rings. The molecule has 0 unspecified atom stereocenters. The lowest BCUT2D eigenvalue weighted by Gasteiger charge is -2.02. The number of nitriles is 1. The number of nitrogens with one attached hydrogen (secondary N) is 1. The number of carbonyl (C=O) groups excluding carboxylic acids is 1. The highest BCUT2D eigenvalue weighted by molar-refractivity contribution is 7.16. The van der Waals surface area contributed by atoms with Crippen LogP contribution in [0, 0.1) is 11.3 Å². The molecule has 24 heavy (non-hydrogen) atoms. The molecule has 1 amide bonds. The molecule has 0 bridgehead atoms. The standard InChI is InChI=1S/C18H14N4OS/c19-11-14-13-7-4-8-16(13)24-18(14)20-17(23)15-9-10-22(21-15)12-5-2-1-3-6-12/h1-3,5-6,9-10H,4,7-8H2,(H,20,23). The maximum atomic E-state index is 12.5. The highest BCUT2D eigenvalue weighted by atomic mass is 32.1. The lowest BCUT2D eigenvalue weighted by molar-refractivity contribution is 0.102. The largest absolute Gasteiger partial charge is 0.311 e. The van der Waals surface area contributed by atoms with Crippen LogP contribution in [0.25, 0.3) is 5.69 Å². The van der Waals surface area contributed by atoms with Crippen molar-refractivity contribution in [1.29, 1.82) is 5.26 Å². The zero-order chi connectivity index (χ0) is 16.5. The Hall–Kier alpha value is -2.91.